The van der Waals surface area contributed by atoms with Gasteiger partial charge in [-0.1, -0.05) is 17.7 Å². The molecule has 3 aromatic rings. The van der Waals surface area contributed by atoms with Gasteiger partial charge in [0.15, 0.2) is 12.4 Å². The first-order valence-corrected chi connectivity index (χ1v) is 13.5. The maximum atomic E-state index is 12.7. The van der Waals surface area contributed by atoms with Crippen molar-refractivity contribution in [2.45, 2.75) is 32.1 Å². The molecule has 1 aromatic carbocycles. The van der Waals surface area contributed by atoms with Gasteiger partial charge < -0.3 is 24.4 Å². The number of ether oxygens (including phenoxy) is 1. The van der Waals surface area contributed by atoms with Crippen molar-refractivity contribution in [3.63, 3.8) is 0 Å². The minimum absolute atomic E-state index is 0.133. The Hall–Kier alpha value is -3.17. The predicted molar refractivity (Wildman–Crippen MR) is 151 cm³/mol. The van der Waals surface area contributed by atoms with Gasteiger partial charge in [0, 0.05) is 39.0 Å². The number of aryl methyl sites for hydroxylation is 1. The summed E-state index contributed by atoms with van der Waals surface area (Å²) < 4.78 is 7.02. The Balaban J connectivity index is 1.52. The molecule has 1 amide bonds. The molecule has 0 aliphatic carbocycles. The van der Waals surface area contributed by atoms with Crippen LogP contribution in [0, 0.1) is 5.92 Å². The van der Waals surface area contributed by atoms with Crippen molar-refractivity contribution in [2.75, 3.05) is 52.3 Å². The molecule has 9 nitrogen and oxygen atoms in total. The Kier molecular flexibility index (Phi) is 9.22. The Morgan fingerprint density at radius 1 is 1.29 bits per heavy atom. The van der Waals surface area contributed by atoms with E-state index < -0.39 is 0 Å². The van der Waals surface area contributed by atoms with Gasteiger partial charge in [0.1, 0.15) is 0 Å². The van der Waals surface area contributed by atoms with Crippen molar-refractivity contribution < 1.29 is 9.53 Å². The second-order valence-corrected chi connectivity index (χ2v) is 10.7. The smallest absolute Gasteiger partial charge is 0.293 e. The van der Waals surface area contributed by atoms with Crippen molar-refractivity contribution in [2.24, 2.45) is 13.0 Å². The van der Waals surface area contributed by atoms with E-state index in [1.54, 1.807) is 19.3 Å². The molecule has 4 rings (SSSR count). The summed E-state index contributed by atoms with van der Waals surface area (Å²) in [5.74, 6) is 1.21. The minimum Gasteiger partial charge on any atom is -0.478 e. The number of likely N-dealkylation sites (N-methyl/N-ethyl adjacent to an activating group) is 1. The zero-order valence-electron chi connectivity index (χ0n) is 22.7. The molecule has 38 heavy (non-hydrogen) atoms. The highest BCUT2D eigenvalue weighted by Gasteiger charge is 2.22. The molecular formula is C28H37ClN6O3. The highest BCUT2D eigenvalue weighted by atomic mass is 35.5. The average Bonchev–Trinajstić information content (AvgIpc) is 2.91. The second kappa shape index (κ2) is 12.6. The Labute approximate surface area is 228 Å². The summed E-state index contributed by atoms with van der Waals surface area (Å²) in [5, 5.41) is 3.85. The highest BCUT2D eigenvalue weighted by Crippen LogP contribution is 2.27. The number of carbonyl (C=O) groups excluding carboxylic acids is 1. The lowest BCUT2D eigenvalue weighted by Gasteiger charge is -2.33. The Bertz CT molecular complexity index is 1340. The lowest BCUT2D eigenvalue weighted by atomic mass is 9.93. The van der Waals surface area contributed by atoms with Gasteiger partial charge in [0.25, 0.3) is 11.5 Å². The van der Waals surface area contributed by atoms with E-state index in [1.165, 1.54) is 30.9 Å². The van der Waals surface area contributed by atoms with E-state index in [0.29, 0.717) is 17.4 Å². The van der Waals surface area contributed by atoms with Gasteiger partial charge in [-0.05, 0) is 76.0 Å². The van der Waals surface area contributed by atoms with Crippen LogP contribution in [0.3, 0.4) is 0 Å². The SMILES string of the molecule is CNC(=O)COc1cc2cc(Cc3nc(N4CCC[C@@H](CCCN(C)C)C4)ncc3Cl)ccc2n(C)c1=O. The fraction of sp³-hybridized carbons (Fsp3) is 0.500. The summed E-state index contributed by atoms with van der Waals surface area (Å²) in [4.78, 5) is 38.2. The Morgan fingerprint density at radius 2 is 2.11 bits per heavy atom. The third-order valence-corrected chi connectivity index (χ3v) is 7.40. The average molecular weight is 541 g/mol. The number of hydrogen-bond acceptors (Lipinski definition) is 7. The van der Waals surface area contributed by atoms with E-state index in [1.807, 2.05) is 18.2 Å². The van der Waals surface area contributed by atoms with Gasteiger partial charge in [0.05, 0.1) is 22.4 Å². The number of aromatic nitrogens is 3. The topological polar surface area (TPSA) is 92.6 Å². The first-order chi connectivity index (χ1) is 18.2. The first kappa shape index (κ1) is 27.9. The van der Waals surface area contributed by atoms with Gasteiger partial charge in [-0.2, -0.15) is 0 Å². The van der Waals surface area contributed by atoms with E-state index >= 15 is 0 Å². The standard InChI is InChI=1S/C28H37ClN6O3/c1-30-26(36)18-38-25-15-21-13-20(9-10-24(21)34(4)27(25)37)14-23-22(29)16-31-28(32-23)35-12-6-8-19(17-35)7-5-11-33(2)3/h9-10,13,15-16,19H,5-8,11-12,14,17-18H2,1-4H3,(H,30,36)/t19-/m1/s1. The molecule has 3 heterocycles. The maximum Gasteiger partial charge on any atom is 0.293 e. The molecule has 1 N–H and O–H groups in total. The van der Waals surface area contributed by atoms with Gasteiger partial charge in [0.2, 0.25) is 5.95 Å². The lowest BCUT2D eigenvalue weighted by Crippen LogP contribution is -2.37. The van der Waals surface area contributed by atoms with Crippen LogP contribution in [0.4, 0.5) is 5.95 Å². The van der Waals surface area contributed by atoms with Crippen LogP contribution in [-0.4, -0.2) is 72.7 Å². The zero-order chi connectivity index (χ0) is 27.2. The molecule has 1 aliphatic rings. The molecule has 10 heteroatoms. The molecule has 0 bridgehead atoms. The van der Waals surface area contributed by atoms with Crippen LogP contribution in [0.1, 0.15) is 36.9 Å². The molecule has 1 fully saturated rings. The predicted octanol–water partition coefficient (Wildman–Crippen LogP) is 3.26. The maximum absolute atomic E-state index is 12.7. The number of piperidine rings is 1. The summed E-state index contributed by atoms with van der Waals surface area (Å²) in [7, 11) is 7.45. The molecular weight excluding hydrogens is 504 g/mol. The fourth-order valence-corrected chi connectivity index (χ4v) is 5.13. The number of pyridine rings is 1. The molecule has 2 aromatic heterocycles. The van der Waals surface area contributed by atoms with Gasteiger partial charge >= 0.3 is 0 Å². The van der Waals surface area contributed by atoms with E-state index in [2.05, 4.69) is 34.2 Å². The lowest BCUT2D eigenvalue weighted by molar-refractivity contribution is -0.122. The first-order valence-electron chi connectivity index (χ1n) is 13.1. The second-order valence-electron chi connectivity index (χ2n) is 10.3. The number of nitrogens with one attached hydrogen (secondary N) is 1. The molecule has 0 radical (unpaired) electrons. The molecule has 0 unspecified atom stereocenters. The van der Waals surface area contributed by atoms with Gasteiger partial charge in [-0.3, -0.25) is 9.59 Å². The van der Waals surface area contributed by atoms with Crippen LogP contribution in [0.2, 0.25) is 5.02 Å². The van der Waals surface area contributed by atoms with Crippen molar-refractivity contribution in [1.82, 2.24) is 24.8 Å². The molecule has 1 atom stereocenters. The molecule has 1 aliphatic heterocycles. The number of benzene rings is 1. The van der Waals surface area contributed by atoms with Crippen LogP contribution in [0.5, 0.6) is 5.75 Å². The van der Waals surface area contributed by atoms with Gasteiger partial charge in [-0.25, -0.2) is 9.97 Å². The number of rotatable bonds is 10. The number of nitrogens with zero attached hydrogens (tertiary/aromatic N) is 5. The van der Waals surface area contributed by atoms with Crippen molar-refractivity contribution in [3.8, 4) is 5.75 Å². The number of hydrogen-bond donors (Lipinski definition) is 1. The van der Waals surface area contributed by atoms with E-state index in [-0.39, 0.29) is 23.8 Å². The fourth-order valence-electron chi connectivity index (χ4n) is 4.97. The minimum atomic E-state index is -0.302. The summed E-state index contributed by atoms with van der Waals surface area (Å²) in [6.07, 6.45) is 7.03. The number of anilines is 1. The van der Waals surface area contributed by atoms with E-state index in [0.717, 1.165) is 54.2 Å². The summed E-state index contributed by atoms with van der Waals surface area (Å²) in [6.45, 7) is 2.81. The Morgan fingerprint density at radius 3 is 2.87 bits per heavy atom. The number of fused-ring (bicyclic) bond motifs is 1. The number of amides is 1. The van der Waals surface area contributed by atoms with Crippen LogP contribution in [0.25, 0.3) is 10.9 Å². The summed E-state index contributed by atoms with van der Waals surface area (Å²) in [6, 6.07) is 7.57. The van der Waals surface area contributed by atoms with E-state index in [9.17, 15) is 9.59 Å². The third-order valence-electron chi connectivity index (χ3n) is 7.09. The highest BCUT2D eigenvalue weighted by molar-refractivity contribution is 6.31. The molecule has 0 spiro atoms. The summed E-state index contributed by atoms with van der Waals surface area (Å²) >= 11 is 6.53. The summed E-state index contributed by atoms with van der Waals surface area (Å²) in [5.41, 5.74) is 2.25. The van der Waals surface area contributed by atoms with Crippen LogP contribution in [-0.2, 0) is 18.3 Å². The van der Waals surface area contributed by atoms with Crippen molar-refractivity contribution in [1.29, 1.82) is 0 Å². The van der Waals surface area contributed by atoms with Crippen molar-refractivity contribution >= 4 is 34.4 Å². The van der Waals surface area contributed by atoms with Crippen LogP contribution in [0.15, 0.2) is 35.3 Å². The van der Waals surface area contributed by atoms with E-state index in [4.69, 9.17) is 21.3 Å². The monoisotopic (exact) mass is 540 g/mol. The molecule has 0 saturated carbocycles. The largest absolute Gasteiger partial charge is 0.478 e. The molecule has 204 valence electrons. The number of carbonyl (C=O) groups is 1. The van der Waals surface area contributed by atoms with Gasteiger partial charge in [-0.15, -0.1) is 0 Å². The zero-order valence-corrected chi connectivity index (χ0v) is 23.4. The third kappa shape index (κ3) is 6.82. The van der Waals surface area contributed by atoms with Crippen LogP contribution < -0.4 is 20.5 Å². The quantitative estimate of drug-likeness (QED) is 0.422. The normalized spacial score (nSPS) is 15.7. The van der Waals surface area contributed by atoms with Crippen LogP contribution >= 0.6 is 11.6 Å². The molecule has 1 saturated heterocycles. The van der Waals surface area contributed by atoms with Crippen molar-refractivity contribution in [3.05, 3.63) is 57.1 Å². The number of halogens is 1.